The lowest BCUT2D eigenvalue weighted by molar-refractivity contribution is -0.117. The van der Waals surface area contributed by atoms with Gasteiger partial charge in [0.25, 0.3) is 5.91 Å². The molecule has 6 heteroatoms. The summed E-state index contributed by atoms with van der Waals surface area (Å²) in [6.07, 6.45) is 2.94. The van der Waals surface area contributed by atoms with Crippen molar-refractivity contribution >= 4 is 34.8 Å². The SMILES string of the molecule is O=C(Nc1ccc(N2CCCC2=O)cc1)c1ccc(N2CCCC2=O)cc1. The van der Waals surface area contributed by atoms with Crippen LogP contribution in [0, 0.1) is 0 Å². The third kappa shape index (κ3) is 3.56. The van der Waals surface area contributed by atoms with Crippen molar-refractivity contribution in [3.8, 4) is 0 Å². The maximum Gasteiger partial charge on any atom is 0.255 e. The minimum absolute atomic E-state index is 0.128. The van der Waals surface area contributed by atoms with Gasteiger partial charge >= 0.3 is 0 Å². The molecule has 138 valence electrons. The molecule has 1 N–H and O–H groups in total. The number of carbonyl (C=O) groups is 3. The molecule has 4 rings (SSSR count). The van der Waals surface area contributed by atoms with Gasteiger partial charge in [-0.1, -0.05) is 0 Å². The summed E-state index contributed by atoms with van der Waals surface area (Å²) in [5, 5.41) is 2.86. The molecule has 2 aromatic rings. The monoisotopic (exact) mass is 363 g/mol. The minimum atomic E-state index is -0.209. The number of rotatable bonds is 4. The summed E-state index contributed by atoms with van der Waals surface area (Å²) in [4.78, 5) is 39.6. The summed E-state index contributed by atoms with van der Waals surface area (Å²) in [7, 11) is 0. The molecule has 0 aliphatic carbocycles. The highest BCUT2D eigenvalue weighted by Crippen LogP contribution is 2.24. The Morgan fingerprint density at radius 1 is 0.741 bits per heavy atom. The fourth-order valence-electron chi connectivity index (χ4n) is 3.56. The highest BCUT2D eigenvalue weighted by atomic mass is 16.2. The van der Waals surface area contributed by atoms with Crippen molar-refractivity contribution in [2.24, 2.45) is 0 Å². The molecule has 0 atom stereocenters. The molecule has 0 spiro atoms. The van der Waals surface area contributed by atoms with E-state index in [4.69, 9.17) is 0 Å². The standard InChI is InChI=1S/C21H21N3O3/c25-19-3-1-13-23(19)17-9-5-15(6-10-17)21(27)22-16-7-11-18(12-8-16)24-14-2-4-20(24)26/h5-12H,1-4,13-14H2,(H,22,27). The van der Waals surface area contributed by atoms with Gasteiger partial charge in [-0.05, 0) is 61.4 Å². The van der Waals surface area contributed by atoms with Crippen molar-refractivity contribution in [1.82, 2.24) is 0 Å². The first-order valence-corrected chi connectivity index (χ1v) is 9.24. The van der Waals surface area contributed by atoms with E-state index in [1.54, 1.807) is 46.2 Å². The normalized spacial score (nSPS) is 16.9. The molecule has 0 bridgehead atoms. The number of nitrogens with one attached hydrogen (secondary N) is 1. The van der Waals surface area contributed by atoms with E-state index >= 15 is 0 Å². The minimum Gasteiger partial charge on any atom is -0.322 e. The van der Waals surface area contributed by atoms with Crippen molar-refractivity contribution in [3.63, 3.8) is 0 Å². The van der Waals surface area contributed by atoms with Gasteiger partial charge in [0.15, 0.2) is 0 Å². The Balaban J connectivity index is 1.41. The molecule has 2 heterocycles. The summed E-state index contributed by atoms with van der Waals surface area (Å²) in [6.45, 7) is 1.48. The van der Waals surface area contributed by atoms with Crippen molar-refractivity contribution in [2.45, 2.75) is 25.7 Å². The summed E-state index contributed by atoms with van der Waals surface area (Å²) in [5.41, 5.74) is 2.89. The van der Waals surface area contributed by atoms with Crippen LogP contribution in [-0.4, -0.2) is 30.8 Å². The van der Waals surface area contributed by atoms with Crippen LogP contribution in [0.3, 0.4) is 0 Å². The summed E-state index contributed by atoms with van der Waals surface area (Å²) in [6, 6.07) is 14.4. The topological polar surface area (TPSA) is 69.7 Å². The Hall–Kier alpha value is -3.15. The van der Waals surface area contributed by atoms with Gasteiger partial charge in [-0.25, -0.2) is 0 Å². The highest BCUT2D eigenvalue weighted by molar-refractivity contribution is 6.05. The van der Waals surface area contributed by atoms with Crippen molar-refractivity contribution in [3.05, 3.63) is 54.1 Å². The smallest absolute Gasteiger partial charge is 0.255 e. The second-order valence-corrected chi connectivity index (χ2v) is 6.85. The molecule has 0 saturated carbocycles. The number of benzene rings is 2. The molecule has 6 nitrogen and oxygen atoms in total. The Labute approximate surface area is 157 Å². The molecule has 2 aromatic carbocycles. The summed E-state index contributed by atoms with van der Waals surface area (Å²) < 4.78 is 0. The van der Waals surface area contributed by atoms with E-state index in [1.165, 1.54) is 0 Å². The van der Waals surface area contributed by atoms with Crippen LogP contribution < -0.4 is 15.1 Å². The Morgan fingerprint density at radius 2 is 1.22 bits per heavy atom. The largest absolute Gasteiger partial charge is 0.322 e. The van der Waals surface area contributed by atoms with E-state index in [9.17, 15) is 14.4 Å². The second-order valence-electron chi connectivity index (χ2n) is 6.85. The first-order valence-electron chi connectivity index (χ1n) is 9.24. The lowest BCUT2D eigenvalue weighted by atomic mass is 10.1. The number of amides is 3. The van der Waals surface area contributed by atoms with Crippen LogP contribution in [0.5, 0.6) is 0 Å². The predicted molar refractivity (Wildman–Crippen MR) is 104 cm³/mol. The Morgan fingerprint density at radius 3 is 1.67 bits per heavy atom. The number of hydrogen-bond donors (Lipinski definition) is 1. The fraction of sp³-hybridized carbons (Fsp3) is 0.286. The molecule has 3 amide bonds. The van der Waals surface area contributed by atoms with E-state index in [2.05, 4.69) is 5.32 Å². The van der Waals surface area contributed by atoms with Gasteiger partial charge in [0.05, 0.1) is 0 Å². The first kappa shape index (κ1) is 17.3. The van der Waals surface area contributed by atoms with Gasteiger partial charge in [0, 0.05) is 48.6 Å². The molecule has 2 aliphatic heterocycles. The van der Waals surface area contributed by atoms with E-state index in [1.807, 2.05) is 12.1 Å². The molecule has 2 saturated heterocycles. The average molecular weight is 363 g/mol. The van der Waals surface area contributed by atoms with Crippen molar-refractivity contribution < 1.29 is 14.4 Å². The van der Waals surface area contributed by atoms with Gasteiger partial charge in [-0.15, -0.1) is 0 Å². The van der Waals surface area contributed by atoms with E-state index < -0.39 is 0 Å². The van der Waals surface area contributed by atoms with Gasteiger partial charge in [0.1, 0.15) is 0 Å². The third-order valence-electron chi connectivity index (χ3n) is 5.02. The number of anilines is 3. The summed E-state index contributed by atoms with van der Waals surface area (Å²) in [5.74, 6) is 0.0615. The van der Waals surface area contributed by atoms with Gasteiger partial charge in [-0.3, -0.25) is 14.4 Å². The fourth-order valence-corrected chi connectivity index (χ4v) is 3.56. The van der Waals surface area contributed by atoms with E-state index in [-0.39, 0.29) is 17.7 Å². The summed E-state index contributed by atoms with van der Waals surface area (Å²) >= 11 is 0. The molecule has 27 heavy (non-hydrogen) atoms. The number of carbonyl (C=O) groups excluding carboxylic acids is 3. The zero-order valence-electron chi connectivity index (χ0n) is 15.0. The van der Waals surface area contributed by atoms with Crippen molar-refractivity contribution in [1.29, 1.82) is 0 Å². The average Bonchev–Trinajstić information content (AvgIpc) is 3.31. The van der Waals surface area contributed by atoms with Crippen LogP contribution in [0.4, 0.5) is 17.1 Å². The van der Waals surface area contributed by atoms with Gasteiger partial charge < -0.3 is 15.1 Å². The Bertz CT molecular complexity index is 875. The predicted octanol–water partition coefficient (Wildman–Crippen LogP) is 3.19. The van der Waals surface area contributed by atoms with Crippen LogP contribution in [0.1, 0.15) is 36.0 Å². The van der Waals surface area contributed by atoms with Crippen LogP contribution >= 0.6 is 0 Å². The quantitative estimate of drug-likeness (QED) is 0.907. The van der Waals surface area contributed by atoms with Crippen molar-refractivity contribution in [2.75, 3.05) is 28.2 Å². The zero-order chi connectivity index (χ0) is 18.8. The third-order valence-corrected chi connectivity index (χ3v) is 5.02. The van der Waals surface area contributed by atoms with Gasteiger partial charge in [-0.2, -0.15) is 0 Å². The van der Waals surface area contributed by atoms with Crippen LogP contribution in [0.2, 0.25) is 0 Å². The first-order chi connectivity index (χ1) is 13.1. The Kier molecular flexibility index (Phi) is 4.62. The molecule has 0 radical (unpaired) electrons. The van der Waals surface area contributed by atoms with Crippen LogP contribution in [0.15, 0.2) is 48.5 Å². The molecule has 0 aromatic heterocycles. The van der Waals surface area contributed by atoms with Crippen LogP contribution in [-0.2, 0) is 9.59 Å². The van der Waals surface area contributed by atoms with Gasteiger partial charge in [0.2, 0.25) is 11.8 Å². The second kappa shape index (κ2) is 7.23. The molecular weight excluding hydrogens is 342 g/mol. The lowest BCUT2D eigenvalue weighted by Crippen LogP contribution is -2.23. The maximum absolute atomic E-state index is 12.4. The lowest BCUT2D eigenvalue weighted by Gasteiger charge is -2.16. The molecular formula is C21H21N3O3. The molecule has 0 unspecified atom stereocenters. The maximum atomic E-state index is 12.4. The highest BCUT2D eigenvalue weighted by Gasteiger charge is 2.22. The van der Waals surface area contributed by atoms with Crippen LogP contribution in [0.25, 0.3) is 0 Å². The molecule has 2 aliphatic rings. The number of nitrogens with zero attached hydrogens (tertiary/aromatic N) is 2. The van der Waals surface area contributed by atoms with E-state index in [0.717, 1.165) is 37.3 Å². The number of hydrogen-bond acceptors (Lipinski definition) is 3. The van der Waals surface area contributed by atoms with E-state index in [0.29, 0.717) is 24.1 Å². The molecule has 2 fully saturated rings. The zero-order valence-corrected chi connectivity index (χ0v) is 15.0.